The molecule has 1 aliphatic rings. The van der Waals surface area contributed by atoms with Crippen LogP contribution in [0, 0.1) is 0 Å². The summed E-state index contributed by atoms with van der Waals surface area (Å²) >= 11 is 1.93. The largest absolute Gasteiger partial charge is 0.293 e. The number of hydrogen-bond acceptors (Lipinski definition) is 5. The van der Waals surface area contributed by atoms with E-state index in [1.54, 1.807) is 0 Å². The van der Waals surface area contributed by atoms with E-state index in [2.05, 4.69) is 25.4 Å². The van der Waals surface area contributed by atoms with Gasteiger partial charge in [0.15, 0.2) is 0 Å². The first-order chi connectivity index (χ1) is 10.3. The van der Waals surface area contributed by atoms with Gasteiger partial charge in [0.25, 0.3) is 0 Å². The summed E-state index contributed by atoms with van der Waals surface area (Å²) in [5, 5.41) is 9.21. The highest BCUT2D eigenvalue weighted by Gasteiger charge is 2.29. The lowest BCUT2D eigenvalue weighted by molar-refractivity contribution is -0.121. The van der Waals surface area contributed by atoms with Crippen LogP contribution in [0.2, 0.25) is 0 Å². The monoisotopic (exact) mass is 303 g/mol. The fraction of sp³-hybridized carbons (Fsp3) is 0.357. The second kappa shape index (κ2) is 6.73. The van der Waals surface area contributed by atoms with E-state index in [4.69, 9.17) is 0 Å². The van der Waals surface area contributed by atoms with Gasteiger partial charge in [-0.05, 0) is 5.56 Å². The van der Waals surface area contributed by atoms with Crippen LogP contribution in [-0.2, 0) is 4.79 Å². The Morgan fingerprint density at radius 2 is 2.05 bits per heavy atom. The Hall–Kier alpha value is -1.86. The molecule has 3 rings (SSSR count). The van der Waals surface area contributed by atoms with Crippen LogP contribution in [0.25, 0.3) is 0 Å². The Kier molecular flexibility index (Phi) is 4.52. The van der Waals surface area contributed by atoms with Crippen LogP contribution >= 0.6 is 11.8 Å². The maximum atomic E-state index is 12.7. The number of aromatic amines is 1. The Bertz CT molecular complexity index is 568. The maximum Gasteiger partial charge on any atom is 0.248 e. The van der Waals surface area contributed by atoms with Gasteiger partial charge in [0.05, 0.1) is 0 Å². The number of amides is 1. The summed E-state index contributed by atoms with van der Waals surface area (Å²) in [6.45, 7) is 1.82. The summed E-state index contributed by atoms with van der Waals surface area (Å²) < 4.78 is 0. The lowest BCUT2D eigenvalue weighted by Crippen LogP contribution is -2.42. The number of hydrogen-bond donors (Lipinski definition) is 2. The standard InChI is InChI=1S/C14H17N5OS/c20-13(17-14-15-10-16-18-14)12(11-4-2-1-3-5-11)19-6-8-21-9-7-19/h1-5,10,12H,6-9H2,(H2,15,16,17,18,20). The quantitative estimate of drug-likeness (QED) is 0.896. The predicted molar refractivity (Wildman–Crippen MR) is 83.1 cm³/mol. The van der Waals surface area contributed by atoms with Gasteiger partial charge in [0, 0.05) is 24.6 Å². The zero-order valence-corrected chi connectivity index (χ0v) is 12.3. The molecule has 110 valence electrons. The molecule has 2 heterocycles. The number of H-pyrrole nitrogens is 1. The highest BCUT2D eigenvalue weighted by atomic mass is 32.2. The van der Waals surface area contributed by atoms with Crippen molar-refractivity contribution in [1.82, 2.24) is 20.1 Å². The number of nitrogens with one attached hydrogen (secondary N) is 2. The Balaban J connectivity index is 1.82. The molecule has 1 saturated heterocycles. The third-order valence-corrected chi connectivity index (χ3v) is 4.37. The molecule has 7 heteroatoms. The smallest absolute Gasteiger partial charge is 0.248 e. The van der Waals surface area contributed by atoms with Crippen LogP contribution in [0.1, 0.15) is 11.6 Å². The molecule has 0 saturated carbocycles. The molecular formula is C14H17N5OS. The molecule has 1 aromatic heterocycles. The fourth-order valence-electron chi connectivity index (χ4n) is 2.45. The lowest BCUT2D eigenvalue weighted by atomic mass is 10.0. The Morgan fingerprint density at radius 3 is 2.71 bits per heavy atom. The predicted octanol–water partition coefficient (Wildman–Crippen LogP) is 1.53. The zero-order chi connectivity index (χ0) is 14.5. The molecule has 0 bridgehead atoms. The number of nitrogens with zero attached hydrogens (tertiary/aromatic N) is 3. The average Bonchev–Trinajstić information content (AvgIpc) is 3.02. The first kappa shape index (κ1) is 14.1. The van der Waals surface area contributed by atoms with Crippen molar-refractivity contribution in [2.24, 2.45) is 0 Å². The van der Waals surface area contributed by atoms with Crippen LogP contribution < -0.4 is 5.32 Å². The van der Waals surface area contributed by atoms with Crippen LogP contribution in [0.15, 0.2) is 36.7 Å². The van der Waals surface area contributed by atoms with Crippen LogP contribution in [0.3, 0.4) is 0 Å². The molecule has 1 unspecified atom stereocenters. The molecule has 21 heavy (non-hydrogen) atoms. The van der Waals surface area contributed by atoms with Crippen LogP contribution in [-0.4, -0.2) is 50.6 Å². The van der Waals surface area contributed by atoms with Gasteiger partial charge >= 0.3 is 0 Å². The average molecular weight is 303 g/mol. The number of rotatable bonds is 4. The number of carbonyl (C=O) groups is 1. The minimum atomic E-state index is -0.294. The van der Waals surface area contributed by atoms with Crippen molar-refractivity contribution >= 4 is 23.6 Å². The molecule has 1 atom stereocenters. The van der Waals surface area contributed by atoms with Crippen molar-refractivity contribution in [3.63, 3.8) is 0 Å². The van der Waals surface area contributed by atoms with Crippen LogP contribution in [0.4, 0.5) is 5.95 Å². The minimum Gasteiger partial charge on any atom is -0.293 e. The Morgan fingerprint density at radius 1 is 1.29 bits per heavy atom. The van der Waals surface area contributed by atoms with Crippen molar-refractivity contribution in [3.8, 4) is 0 Å². The molecule has 1 aromatic carbocycles. The van der Waals surface area contributed by atoms with Gasteiger partial charge in [-0.25, -0.2) is 5.10 Å². The number of thioether (sulfide) groups is 1. The summed E-state index contributed by atoms with van der Waals surface area (Å²) in [5.41, 5.74) is 1.00. The van der Waals surface area contributed by atoms with E-state index in [9.17, 15) is 4.79 Å². The van der Waals surface area contributed by atoms with Gasteiger partial charge in [0.2, 0.25) is 11.9 Å². The number of anilines is 1. The Labute approximate surface area is 127 Å². The van der Waals surface area contributed by atoms with Gasteiger partial charge in [-0.2, -0.15) is 21.8 Å². The van der Waals surface area contributed by atoms with E-state index >= 15 is 0 Å². The van der Waals surface area contributed by atoms with E-state index < -0.39 is 0 Å². The van der Waals surface area contributed by atoms with Crippen molar-refractivity contribution < 1.29 is 4.79 Å². The summed E-state index contributed by atoms with van der Waals surface area (Å²) in [5.74, 6) is 2.41. The van der Waals surface area contributed by atoms with Crippen molar-refractivity contribution in [2.75, 3.05) is 29.9 Å². The molecule has 1 amide bonds. The van der Waals surface area contributed by atoms with Crippen molar-refractivity contribution in [2.45, 2.75) is 6.04 Å². The van der Waals surface area contributed by atoms with E-state index in [-0.39, 0.29) is 11.9 Å². The van der Waals surface area contributed by atoms with Gasteiger partial charge in [-0.3, -0.25) is 15.0 Å². The molecule has 1 aliphatic heterocycles. The second-order valence-corrected chi connectivity index (χ2v) is 6.01. The van der Waals surface area contributed by atoms with E-state index in [1.807, 2.05) is 42.1 Å². The van der Waals surface area contributed by atoms with Crippen LogP contribution in [0.5, 0.6) is 0 Å². The normalized spacial score (nSPS) is 17.3. The second-order valence-electron chi connectivity index (χ2n) is 4.78. The molecule has 0 radical (unpaired) electrons. The number of aromatic nitrogens is 3. The number of benzene rings is 1. The molecule has 2 aromatic rings. The summed E-state index contributed by atoms with van der Waals surface area (Å²) in [6.07, 6.45) is 1.38. The van der Waals surface area contributed by atoms with E-state index in [1.165, 1.54) is 6.33 Å². The first-order valence-corrected chi connectivity index (χ1v) is 8.03. The lowest BCUT2D eigenvalue weighted by Gasteiger charge is -2.33. The van der Waals surface area contributed by atoms with Gasteiger partial charge < -0.3 is 0 Å². The van der Waals surface area contributed by atoms with Gasteiger partial charge in [-0.15, -0.1) is 0 Å². The van der Waals surface area contributed by atoms with Gasteiger partial charge in [0.1, 0.15) is 12.4 Å². The third kappa shape index (κ3) is 3.43. The summed E-state index contributed by atoms with van der Waals surface area (Å²) in [6, 6.07) is 9.57. The highest BCUT2D eigenvalue weighted by Crippen LogP contribution is 2.25. The minimum absolute atomic E-state index is 0.0788. The SMILES string of the molecule is O=C(Nc1ncn[nH]1)C(c1ccccc1)N1CCSCC1. The first-order valence-electron chi connectivity index (χ1n) is 6.87. The third-order valence-electron chi connectivity index (χ3n) is 3.43. The van der Waals surface area contributed by atoms with Gasteiger partial charge in [-0.1, -0.05) is 30.3 Å². The summed E-state index contributed by atoms with van der Waals surface area (Å²) in [7, 11) is 0. The zero-order valence-electron chi connectivity index (χ0n) is 11.5. The highest BCUT2D eigenvalue weighted by molar-refractivity contribution is 7.99. The van der Waals surface area contributed by atoms with E-state index in [0.717, 1.165) is 30.2 Å². The summed E-state index contributed by atoms with van der Waals surface area (Å²) in [4.78, 5) is 18.8. The number of carbonyl (C=O) groups excluding carboxylic acids is 1. The van der Waals surface area contributed by atoms with Crippen molar-refractivity contribution in [1.29, 1.82) is 0 Å². The molecule has 2 N–H and O–H groups in total. The molecular weight excluding hydrogens is 286 g/mol. The molecule has 1 fully saturated rings. The maximum absolute atomic E-state index is 12.7. The molecule has 6 nitrogen and oxygen atoms in total. The van der Waals surface area contributed by atoms with Crippen molar-refractivity contribution in [3.05, 3.63) is 42.2 Å². The van der Waals surface area contributed by atoms with E-state index in [0.29, 0.717) is 5.95 Å². The topological polar surface area (TPSA) is 73.9 Å². The fourth-order valence-corrected chi connectivity index (χ4v) is 3.38. The molecule has 0 aliphatic carbocycles. The molecule has 0 spiro atoms.